The largest absolute Gasteiger partial charge is 0.380 e. The second-order valence-corrected chi connectivity index (χ2v) is 9.15. The van der Waals surface area contributed by atoms with E-state index in [0.29, 0.717) is 13.1 Å². The molecule has 4 heterocycles. The standard InChI is InChI=1S/C21H30N6O2/c1-13-7-17(14-8-16(29-4)11-23-9-14)25-19-18(13)20(28)27(21(19,2)3)15-10-24-26(12-15)6-5-22/h9-10,13-18H,6-8,11-12H2,1-4H3. The number of hydrazone groups is 1. The third kappa shape index (κ3) is 3.35. The fraction of sp³-hybridized carbons (Fsp3) is 0.762. The SMILES string of the molecule is COC1CN=CC(C2CC(C)C3C(=O)N(C4C=NN(CC#N)C4)C(C)(C)C3=N2)C1. The van der Waals surface area contributed by atoms with E-state index in [0.717, 1.165) is 18.6 Å². The van der Waals surface area contributed by atoms with Gasteiger partial charge in [0.15, 0.2) is 0 Å². The summed E-state index contributed by atoms with van der Waals surface area (Å²) in [6.07, 6.45) is 5.80. The van der Waals surface area contributed by atoms with Crippen LogP contribution in [-0.4, -0.2) is 84.4 Å². The van der Waals surface area contributed by atoms with Crippen LogP contribution in [0.2, 0.25) is 0 Å². The zero-order valence-electron chi connectivity index (χ0n) is 17.7. The van der Waals surface area contributed by atoms with E-state index in [1.807, 2.05) is 11.1 Å². The molecular formula is C21H30N6O2. The van der Waals surface area contributed by atoms with Crippen LogP contribution in [0.25, 0.3) is 0 Å². The van der Waals surface area contributed by atoms with Crippen molar-refractivity contribution in [1.82, 2.24) is 9.91 Å². The summed E-state index contributed by atoms with van der Waals surface area (Å²) in [5, 5.41) is 15.0. The minimum atomic E-state index is -0.472. The molecule has 8 nitrogen and oxygen atoms in total. The van der Waals surface area contributed by atoms with E-state index in [2.05, 4.69) is 36.9 Å². The average Bonchev–Trinajstić information content (AvgIpc) is 3.22. The number of likely N-dealkylation sites (tertiary alicyclic amines) is 1. The molecule has 4 aliphatic rings. The van der Waals surface area contributed by atoms with Gasteiger partial charge in [-0.1, -0.05) is 6.92 Å². The number of carbonyl (C=O) groups is 1. The fourth-order valence-corrected chi connectivity index (χ4v) is 5.39. The number of nitrogens with zero attached hydrogens (tertiary/aromatic N) is 6. The lowest BCUT2D eigenvalue weighted by Crippen LogP contribution is -2.52. The Morgan fingerprint density at radius 1 is 1.34 bits per heavy atom. The zero-order valence-corrected chi connectivity index (χ0v) is 17.7. The van der Waals surface area contributed by atoms with Gasteiger partial charge in [-0.3, -0.25) is 19.8 Å². The first-order chi connectivity index (χ1) is 13.9. The van der Waals surface area contributed by atoms with Gasteiger partial charge in [-0.05, 0) is 32.6 Å². The molecule has 1 fully saturated rings. The highest BCUT2D eigenvalue weighted by Gasteiger charge is 2.57. The molecule has 8 heteroatoms. The molecular weight excluding hydrogens is 368 g/mol. The smallest absolute Gasteiger partial charge is 0.233 e. The highest BCUT2D eigenvalue weighted by atomic mass is 16.5. The molecule has 1 amide bonds. The van der Waals surface area contributed by atoms with Crippen LogP contribution >= 0.6 is 0 Å². The van der Waals surface area contributed by atoms with Crippen molar-refractivity contribution in [2.24, 2.45) is 32.8 Å². The number of nitriles is 1. The molecule has 6 unspecified atom stereocenters. The fourth-order valence-electron chi connectivity index (χ4n) is 5.39. The molecule has 0 bridgehead atoms. The average molecular weight is 399 g/mol. The van der Waals surface area contributed by atoms with Crippen molar-refractivity contribution in [3.63, 3.8) is 0 Å². The maximum atomic E-state index is 13.5. The lowest BCUT2D eigenvalue weighted by Gasteiger charge is -2.38. The highest BCUT2D eigenvalue weighted by molar-refractivity contribution is 6.16. The Balaban J connectivity index is 1.60. The minimum absolute atomic E-state index is 0.126. The zero-order chi connectivity index (χ0) is 20.8. The third-order valence-corrected chi connectivity index (χ3v) is 6.87. The molecule has 156 valence electrons. The Kier molecular flexibility index (Phi) is 5.19. The van der Waals surface area contributed by atoms with E-state index in [1.165, 1.54) is 0 Å². The number of ether oxygens (including phenoxy) is 1. The number of aliphatic imine (C=N–C) groups is 2. The van der Waals surface area contributed by atoms with Crippen molar-refractivity contribution < 1.29 is 9.53 Å². The van der Waals surface area contributed by atoms with Crippen LogP contribution in [-0.2, 0) is 9.53 Å². The van der Waals surface area contributed by atoms with E-state index < -0.39 is 5.54 Å². The van der Waals surface area contributed by atoms with Crippen molar-refractivity contribution in [1.29, 1.82) is 5.26 Å². The molecule has 0 aromatic carbocycles. The number of hydrogen-bond acceptors (Lipinski definition) is 7. The van der Waals surface area contributed by atoms with Crippen molar-refractivity contribution in [2.75, 3.05) is 26.7 Å². The molecule has 1 saturated heterocycles. The number of hydrogen-bond donors (Lipinski definition) is 0. The molecule has 0 aromatic heterocycles. The number of methoxy groups -OCH3 is 1. The predicted octanol–water partition coefficient (Wildman–Crippen LogP) is 1.37. The van der Waals surface area contributed by atoms with E-state index >= 15 is 0 Å². The van der Waals surface area contributed by atoms with Gasteiger partial charge in [0.1, 0.15) is 6.54 Å². The number of rotatable bonds is 4. The monoisotopic (exact) mass is 398 g/mol. The summed E-state index contributed by atoms with van der Waals surface area (Å²) in [5.41, 5.74) is 0.520. The van der Waals surface area contributed by atoms with E-state index in [9.17, 15) is 4.79 Å². The van der Waals surface area contributed by atoms with Crippen LogP contribution in [0.4, 0.5) is 0 Å². The lowest BCUT2D eigenvalue weighted by molar-refractivity contribution is -0.135. The Labute approximate surface area is 172 Å². The Morgan fingerprint density at radius 3 is 2.86 bits per heavy atom. The molecule has 0 aromatic rings. The molecule has 0 saturated carbocycles. The first kappa shape index (κ1) is 20.0. The van der Waals surface area contributed by atoms with Gasteiger partial charge in [-0.15, -0.1) is 0 Å². The number of amides is 1. The number of carbonyl (C=O) groups excluding carboxylic acids is 1. The molecule has 0 N–H and O–H groups in total. The Bertz CT molecular complexity index is 797. The molecule has 0 aliphatic carbocycles. The molecule has 4 aliphatic heterocycles. The van der Waals surface area contributed by atoms with E-state index in [1.54, 1.807) is 18.3 Å². The highest BCUT2D eigenvalue weighted by Crippen LogP contribution is 2.43. The van der Waals surface area contributed by atoms with Gasteiger partial charge < -0.3 is 9.64 Å². The summed E-state index contributed by atoms with van der Waals surface area (Å²) < 4.78 is 5.53. The van der Waals surface area contributed by atoms with E-state index in [4.69, 9.17) is 15.0 Å². The predicted molar refractivity (Wildman–Crippen MR) is 111 cm³/mol. The van der Waals surface area contributed by atoms with Gasteiger partial charge in [0.25, 0.3) is 0 Å². The summed E-state index contributed by atoms with van der Waals surface area (Å²) in [7, 11) is 1.74. The van der Waals surface area contributed by atoms with Crippen molar-refractivity contribution in [2.45, 2.75) is 57.3 Å². The summed E-state index contributed by atoms with van der Waals surface area (Å²) in [6.45, 7) is 7.86. The molecule has 0 spiro atoms. The van der Waals surface area contributed by atoms with Crippen molar-refractivity contribution in [3.05, 3.63) is 0 Å². The first-order valence-electron chi connectivity index (χ1n) is 10.5. The van der Waals surface area contributed by atoms with Gasteiger partial charge in [-0.25, -0.2) is 0 Å². The second-order valence-electron chi connectivity index (χ2n) is 9.15. The van der Waals surface area contributed by atoms with Gasteiger partial charge in [0.2, 0.25) is 5.91 Å². The van der Waals surface area contributed by atoms with Crippen LogP contribution in [0.15, 0.2) is 15.1 Å². The van der Waals surface area contributed by atoms with Crippen LogP contribution < -0.4 is 0 Å². The maximum absolute atomic E-state index is 13.5. The normalized spacial score (nSPS) is 38.2. The Morgan fingerprint density at radius 2 is 2.14 bits per heavy atom. The van der Waals surface area contributed by atoms with Crippen LogP contribution in [0, 0.1) is 29.1 Å². The first-order valence-corrected chi connectivity index (χ1v) is 10.5. The molecule has 0 radical (unpaired) electrons. The van der Waals surface area contributed by atoms with Crippen LogP contribution in [0.1, 0.15) is 33.6 Å². The van der Waals surface area contributed by atoms with Crippen molar-refractivity contribution >= 4 is 24.0 Å². The topological polar surface area (TPSA) is 93.6 Å². The Hall–Kier alpha value is -2.27. The van der Waals surface area contributed by atoms with Gasteiger partial charge in [-0.2, -0.15) is 10.4 Å². The maximum Gasteiger partial charge on any atom is 0.233 e. The summed E-state index contributed by atoms with van der Waals surface area (Å²) in [5.74, 6) is 0.457. The van der Waals surface area contributed by atoms with Gasteiger partial charge in [0.05, 0.1) is 54.5 Å². The minimum Gasteiger partial charge on any atom is -0.380 e. The van der Waals surface area contributed by atoms with E-state index in [-0.39, 0.29) is 48.4 Å². The van der Waals surface area contributed by atoms with Gasteiger partial charge in [0, 0.05) is 25.5 Å². The quantitative estimate of drug-likeness (QED) is 0.669. The molecule has 4 rings (SSSR count). The summed E-state index contributed by atoms with van der Waals surface area (Å²) >= 11 is 0. The summed E-state index contributed by atoms with van der Waals surface area (Å²) in [6, 6.07) is 2.13. The lowest BCUT2D eigenvalue weighted by atomic mass is 9.75. The summed E-state index contributed by atoms with van der Waals surface area (Å²) in [4.78, 5) is 25.1. The van der Waals surface area contributed by atoms with Gasteiger partial charge >= 0.3 is 0 Å². The second kappa shape index (κ2) is 7.52. The number of fused-ring (bicyclic) bond motifs is 1. The third-order valence-electron chi connectivity index (χ3n) is 6.87. The van der Waals surface area contributed by atoms with Crippen LogP contribution in [0.3, 0.4) is 0 Å². The molecule has 6 atom stereocenters. The van der Waals surface area contributed by atoms with Crippen molar-refractivity contribution in [3.8, 4) is 6.07 Å². The van der Waals surface area contributed by atoms with Crippen LogP contribution in [0.5, 0.6) is 0 Å². The molecule has 29 heavy (non-hydrogen) atoms.